The van der Waals surface area contributed by atoms with Gasteiger partial charge in [-0.05, 0) is 30.9 Å². The average Bonchev–Trinajstić information content (AvgIpc) is 3.15. The molecule has 0 radical (unpaired) electrons. The van der Waals surface area contributed by atoms with Gasteiger partial charge in [0.05, 0.1) is 5.69 Å². The Morgan fingerprint density at radius 1 is 1.38 bits per heavy atom. The van der Waals surface area contributed by atoms with Gasteiger partial charge in [0.25, 0.3) is 0 Å². The molecule has 1 aromatic heterocycles. The maximum absolute atomic E-state index is 4.42. The Morgan fingerprint density at radius 3 is 3.06 bits per heavy atom. The Hall–Kier alpha value is -0.930. The summed E-state index contributed by atoms with van der Waals surface area (Å²) in [6.45, 7) is 4.47. The van der Waals surface area contributed by atoms with Crippen LogP contribution in [0.15, 0.2) is 24.4 Å². The summed E-state index contributed by atoms with van der Waals surface area (Å²) in [5.74, 6) is 0.941. The predicted octanol–water partition coefficient (Wildman–Crippen LogP) is 1.27. The van der Waals surface area contributed by atoms with Gasteiger partial charge >= 0.3 is 0 Å². The van der Waals surface area contributed by atoms with Crippen LogP contribution in [-0.2, 0) is 6.54 Å². The van der Waals surface area contributed by atoms with Crippen molar-refractivity contribution < 1.29 is 0 Å². The molecular formula is C13H19N3. The van der Waals surface area contributed by atoms with Crippen LogP contribution in [0.1, 0.15) is 18.5 Å². The summed E-state index contributed by atoms with van der Waals surface area (Å²) in [6.07, 6.45) is 4.74. The lowest BCUT2D eigenvalue weighted by Gasteiger charge is -2.36. The van der Waals surface area contributed by atoms with E-state index in [1.54, 1.807) is 0 Å². The van der Waals surface area contributed by atoms with Crippen LogP contribution >= 0.6 is 0 Å². The largest absolute Gasteiger partial charge is 0.314 e. The minimum atomic E-state index is 0.746. The third kappa shape index (κ3) is 2.25. The van der Waals surface area contributed by atoms with Crippen molar-refractivity contribution in [2.24, 2.45) is 5.92 Å². The van der Waals surface area contributed by atoms with Crippen molar-refractivity contribution in [3.8, 4) is 0 Å². The van der Waals surface area contributed by atoms with Crippen molar-refractivity contribution in [1.29, 1.82) is 0 Å². The van der Waals surface area contributed by atoms with Crippen LogP contribution in [0.2, 0.25) is 0 Å². The Balaban J connectivity index is 1.67. The maximum Gasteiger partial charge on any atom is 0.0544 e. The van der Waals surface area contributed by atoms with E-state index in [4.69, 9.17) is 0 Å². The molecule has 2 fully saturated rings. The quantitative estimate of drug-likeness (QED) is 0.826. The summed E-state index contributed by atoms with van der Waals surface area (Å²) in [7, 11) is 0. The summed E-state index contributed by atoms with van der Waals surface area (Å²) >= 11 is 0. The molecule has 1 atom stereocenters. The highest BCUT2D eigenvalue weighted by atomic mass is 15.2. The Morgan fingerprint density at radius 2 is 2.31 bits per heavy atom. The van der Waals surface area contributed by atoms with Crippen LogP contribution in [0.25, 0.3) is 0 Å². The number of rotatable bonds is 3. The second kappa shape index (κ2) is 4.52. The minimum absolute atomic E-state index is 0.746. The van der Waals surface area contributed by atoms with E-state index in [9.17, 15) is 0 Å². The summed E-state index contributed by atoms with van der Waals surface area (Å²) in [4.78, 5) is 7.03. The van der Waals surface area contributed by atoms with Gasteiger partial charge in [-0.25, -0.2) is 0 Å². The normalized spacial score (nSPS) is 26.9. The molecule has 1 unspecified atom stereocenters. The maximum atomic E-state index is 4.42. The van der Waals surface area contributed by atoms with E-state index in [0.29, 0.717) is 0 Å². The number of piperazine rings is 1. The van der Waals surface area contributed by atoms with E-state index in [1.165, 1.54) is 18.5 Å². The molecular weight excluding hydrogens is 198 g/mol. The zero-order valence-electron chi connectivity index (χ0n) is 9.60. The van der Waals surface area contributed by atoms with E-state index in [2.05, 4.69) is 27.3 Å². The number of aromatic nitrogens is 1. The first-order valence-electron chi connectivity index (χ1n) is 6.28. The van der Waals surface area contributed by atoms with Crippen LogP contribution in [0, 0.1) is 5.92 Å². The van der Waals surface area contributed by atoms with Crippen LogP contribution in [0.5, 0.6) is 0 Å². The molecule has 0 aromatic carbocycles. The van der Waals surface area contributed by atoms with E-state index in [-0.39, 0.29) is 0 Å². The molecule has 0 amide bonds. The molecule has 2 aliphatic rings. The smallest absolute Gasteiger partial charge is 0.0544 e. The Labute approximate surface area is 96.9 Å². The molecule has 1 saturated carbocycles. The van der Waals surface area contributed by atoms with Gasteiger partial charge in [0.1, 0.15) is 0 Å². The topological polar surface area (TPSA) is 28.2 Å². The van der Waals surface area contributed by atoms with Crippen molar-refractivity contribution in [3.63, 3.8) is 0 Å². The predicted molar refractivity (Wildman–Crippen MR) is 64.0 cm³/mol. The second-order valence-electron chi connectivity index (χ2n) is 4.90. The number of hydrogen-bond donors (Lipinski definition) is 1. The molecule has 0 spiro atoms. The molecule has 1 saturated heterocycles. The molecule has 1 aliphatic heterocycles. The average molecular weight is 217 g/mol. The van der Waals surface area contributed by atoms with Gasteiger partial charge in [-0.3, -0.25) is 9.88 Å². The first-order valence-corrected chi connectivity index (χ1v) is 6.28. The molecule has 86 valence electrons. The fourth-order valence-corrected chi connectivity index (χ4v) is 2.61. The molecule has 1 aromatic rings. The Bertz CT molecular complexity index is 334. The van der Waals surface area contributed by atoms with Crippen LogP contribution < -0.4 is 5.32 Å². The molecule has 0 bridgehead atoms. The zero-order chi connectivity index (χ0) is 10.8. The van der Waals surface area contributed by atoms with Crippen molar-refractivity contribution in [1.82, 2.24) is 15.2 Å². The molecule has 1 N–H and O–H groups in total. The van der Waals surface area contributed by atoms with Gasteiger partial charge < -0.3 is 5.32 Å². The van der Waals surface area contributed by atoms with E-state index >= 15 is 0 Å². The number of pyridine rings is 1. The van der Waals surface area contributed by atoms with Crippen molar-refractivity contribution >= 4 is 0 Å². The highest BCUT2D eigenvalue weighted by molar-refractivity contribution is 5.04. The number of hydrogen-bond acceptors (Lipinski definition) is 3. The summed E-state index contributed by atoms with van der Waals surface area (Å²) in [5, 5.41) is 3.51. The molecule has 16 heavy (non-hydrogen) atoms. The lowest BCUT2D eigenvalue weighted by atomic mass is 10.1. The van der Waals surface area contributed by atoms with E-state index in [0.717, 1.165) is 38.1 Å². The van der Waals surface area contributed by atoms with Crippen molar-refractivity contribution in [2.75, 3.05) is 19.6 Å². The third-order valence-electron chi connectivity index (χ3n) is 3.66. The Kier molecular flexibility index (Phi) is 2.89. The van der Waals surface area contributed by atoms with Gasteiger partial charge in [-0.15, -0.1) is 0 Å². The first-order chi connectivity index (χ1) is 7.93. The van der Waals surface area contributed by atoms with Crippen LogP contribution in [0.4, 0.5) is 0 Å². The highest BCUT2D eigenvalue weighted by Gasteiger charge is 2.36. The van der Waals surface area contributed by atoms with Gasteiger partial charge in [0.15, 0.2) is 0 Å². The fourth-order valence-electron chi connectivity index (χ4n) is 2.61. The molecule has 2 heterocycles. The summed E-state index contributed by atoms with van der Waals surface area (Å²) < 4.78 is 0. The molecule has 3 nitrogen and oxygen atoms in total. The number of nitrogens with zero attached hydrogens (tertiary/aromatic N) is 2. The van der Waals surface area contributed by atoms with Gasteiger partial charge in [-0.2, -0.15) is 0 Å². The van der Waals surface area contributed by atoms with Gasteiger partial charge in [0.2, 0.25) is 0 Å². The number of nitrogens with one attached hydrogen (secondary N) is 1. The van der Waals surface area contributed by atoms with Crippen molar-refractivity contribution in [3.05, 3.63) is 30.1 Å². The monoisotopic (exact) mass is 217 g/mol. The first kappa shape index (κ1) is 10.2. The fraction of sp³-hybridized carbons (Fsp3) is 0.615. The molecule has 3 rings (SSSR count). The zero-order valence-corrected chi connectivity index (χ0v) is 9.60. The summed E-state index contributed by atoms with van der Waals surface area (Å²) in [6, 6.07) is 6.94. The third-order valence-corrected chi connectivity index (χ3v) is 3.66. The highest BCUT2D eigenvalue weighted by Crippen LogP contribution is 2.36. The summed E-state index contributed by atoms with van der Waals surface area (Å²) in [5.41, 5.74) is 1.20. The molecule has 1 aliphatic carbocycles. The lowest BCUT2D eigenvalue weighted by Crippen LogP contribution is -2.51. The van der Waals surface area contributed by atoms with Gasteiger partial charge in [-0.1, -0.05) is 6.07 Å². The van der Waals surface area contributed by atoms with Crippen LogP contribution in [-0.4, -0.2) is 35.6 Å². The standard InChI is InChI=1S/C13H19N3/c1-2-6-15-12(3-1)10-16-8-7-14-9-13(16)11-4-5-11/h1-3,6,11,13-14H,4-5,7-10H2. The van der Waals surface area contributed by atoms with Crippen molar-refractivity contribution in [2.45, 2.75) is 25.4 Å². The second-order valence-corrected chi connectivity index (χ2v) is 4.90. The minimum Gasteiger partial charge on any atom is -0.314 e. The van der Waals surface area contributed by atoms with Crippen LogP contribution in [0.3, 0.4) is 0 Å². The molecule has 3 heteroatoms. The van der Waals surface area contributed by atoms with E-state index in [1.807, 2.05) is 12.3 Å². The van der Waals surface area contributed by atoms with Gasteiger partial charge in [0, 0.05) is 38.4 Å². The lowest BCUT2D eigenvalue weighted by molar-refractivity contribution is 0.134. The SMILES string of the molecule is c1ccc(CN2CCNCC2C2CC2)nc1. The van der Waals surface area contributed by atoms with E-state index < -0.39 is 0 Å².